The molecule has 0 amide bonds. The summed E-state index contributed by atoms with van der Waals surface area (Å²) < 4.78 is 5.71. The maximum atomic E-state index is 5.71. The van der Waals surface area contributed by atoms with Gasteiger partial charge in [0.05, 0.1) is 17.1 Å². The van der Waals surface area contributed by atoms with Gasteiger partial charge in [0.1, 0.15) is 0 Å². The number of likely N-dealkylation sites (N-methyl/N-ethyl adjacent to an activating group) is 1. The molecule has 1 N–H and O–H groups in total. The van der Waals surface area contributed by atoms with Gasteiger partial charge in [-0.2, -0.15) is 4.98 Å². The highest BCUT2D eigenvalue weighted by atomic mass is 35.5. The van der Waals surface area contributed by atoms with Gasteiger partial charge in [0, 0.05) is 36.6 Å². The third kappa shape index (κ3) is 3.45. The van der Waals surface area contributed by atoms with E-state index in [0.29, 0.717) is 11.8 Å². The highest BCUT2D eigenvalue weighted by Gasteiger charge is 2.29. The molecule has 6 nitrogen and oxygen atoms in total. The van der Waals surface area contributed by atoms with Crippen LogP contribution in [0.4, 0.5) is 0 Å². The van der Waals surface area contributed by atoms with Crippen LogP contribution in [0.1, 0.15) is 41.9 Å². The topological polar surface area (TPSA) is 67.1 Å². The van der Waals surface area contributed by atoms with Gasteiger partial charge in [-0.05, 0) is 45.0 Å². The quantitative estimate of drug-likeness (QED) is 0.744. The first-order chi connectivity index (χ1) is 12.7. The zero-order valence-corrected chi connectivity index (χ0v) is 16.4. The molecule has 0 spiro atoms. The number of nitrogens with zero attached hydrogens (tertiary/aromatic N) is 4. The third-order valence-electron chi connectivity index (χ3n) is 5.46. The molecule has 2 aromatic heterocycles. The van der Waals surface area contributed by atoms with Crippen LogP contribution in [-0.2, 0) is 0 Å². The normalized spacial score (nSPS) is 20.6. The van der Waals surface area contributed by atoms with E-state index in [4.69, 9.17) is 14.5 Å². The zero-order valence-electron chi connectivity index (χ0n) is 15.6. The van der Waals surface area contributed by atoms with Gasteiger partial charge >= 0.3 is 0 Å². The second kappa shape index (κ2) is 7.19. The molecule has 7 heteroatoms. The predicted molar refractivity (Wildman–Crippen MR) is 107 cm³/mol. The first-order valence-corrected chi connectivity index (χ1v) is 9.35. The van der Waals surface area contributed by atoms with E-state index in [1.807, 2.05) is 0 Å². The number of aryl methyl sites for hydroxylation is 1. The SMILES string of the molecule is Cc1ccc2nc(C3CC3)cc(-c3nc(C4CNCCN4C)no3)c2c1.Cl. The number of nitrogens with one attached hydrogen (secondary N) is 1. The van der Waals surface area contributed by atoms with Crippen molar-refractivity contribution < 1.29 is 4.52 Å². The van der Waals surface area contributed by atoms with E-state index in [-0.39, 0.29) is 18.4 Å². The predicted octanol–water partition coefficient (Wildman–Crippen LogP) is 3.47. The Labute approximate surface area is 164 Å². The number of aromatic nitrogens is 3. The van der Waals surface area contributed by atoms with E-state index in [2.05, 4.69) is 53.6 Å². The van der Waals surface area contributed by atoms with Crippen molar-refractivity contribution in [2.75, 3.05) is 26.7 Å². The molecule has 1 saturated carbocycles. The molecule has 27 heavy (non-hydrogen) atoms. The smallest absolute Gasteiger partial charge is 0.258 e. The molecule has 0 bridgehead atoms. The Morgan fingerprint density at radius 2 is 2.04 bits per heavy atom. The van der Waals surface area contributed by atoms with Crippen LogP contribution in [-0.4, -0.2) is 46.7 Å². The van der Waals surface area contributed by atoms with Gasteiger partial charge in [-0.25, -0.2) is 0 Å². The van der Waals surface area contributed by atoms with Crippen LogP contribution in [0.15, 0.2) is 28.8 Å². The fourth-order valence-electron chi connectivity index (χ4n) is 3.70. The largest absolute Gasteiger partial charge is 0.334 e. The van der Waals surface area contributed by atoms with E-state index in [1.54, 1.807) is 0 Å². The molecular formula is C20H24ClN5O. The Morgan fingerprint density at radius 1 is 1.19 bits per heavy atom. The van der Waals surface area contributed by atoms with Gasteiger partial charge in [0.25, 0.3) is 5.89 Å². The lowest BCUT2D eigenvalue weighted by Gasteiger charge is -2.30. The van der Waals surface area contributed by atoms with Crippen molar-refractivity contribution in [2.24, 2.45) is 0 Å². The fraction of sp³-hybridized carbons (Fsp3) is 0.450. The Hall–Kier alpha value is -2.02. The molecule has 1 atom stereocenters. The van der Waals surface area contributed by atoms with Crippen molar-refractivity contribution in [3.63, 3.8) is 0 Å². The highest BCUT2D eigenvalue weighted by Crippen LogP contribution is 2.41. The molecule has 2 aliphatic rings. The minimum absolute atomic E-state index is 0. The molecule has 1 saturated heterocycles. The average molecular weight is 386 g/mol. The van der Waals surface area contributed by atoms with E-state index in [9.17, 15) is 0 Å². The monoisotopic (exact) mass is 385 g/mol. The molecule has 3 heterocycles. The second-order valence-corrected chi connectivity index (χ2v) is 7.55. The number of rotatable bonds is 3. The zero-order chi connectivity index (χ0) is 17.7. The Balaban J connectivity index is 0.00000180. The Morgan fingerprint density at radius 3 is 2.81 bits per heavy atom. The maximum absolute atomic E-state index is 5.71. The lowest BCUT2D eigenvalue weighted by Crippen LogP contribution is -2.44. The average Bonchev–Trinajstić information content (AvgIpc) is 3.39. The van der Waals surface area contributed by atoms with Crippen LogP contribution in [0.3, 0.4) is 0 Å². The number of hydrogen-bond acceptors (Lipinski definition) is 6. The van der Waals surface area contributed by atoms with Crippen molar-refractivity contribution in [3.05, 3.63) is 41.3 Å². The summed E-state index contributed by atoms with van der Waals surface area (Å²) >= 11 is 0. The van der Waals surface area contributed by atoms with Crippen LogP contribution in [0.25, 0.3) is 22.4 Å². The molecular weight excluding hydrogens is 362 g/mol. The maximum Gasteiger partial charge on any atom is 0.258 e. The van der Waals surface area contributed by atoms with E-state index < -0.39 is 0 Å². The molecule has 1 unspecified atom stereocenters. The van der Waals surface area contributed by atoms with E-state index in [1.165, 1.54) is 18.4 Å². The number of halogens is 1. The highest BCUT2D eigenvalue weighted by molar-refractivity contribution is 5.93. The van der Waals surface area contributed by atoms with Gasteiger partial charge in [-0.1, -0.05) is 16.8 Å². The Kier molecular flexibility index (Phi) is 4.88. The van der Waals surface area contributed by atoms with Crippen LogP contribution in [0, 0.1) is 6.92 Å². The molecule has 3 aromatic rings. The molecule has 1 aromatic carbocycles. The van der Waals surface area contributed by atoms with Crippen LogP contribution < -0.4 is 5.32 Å². The summed E-state index contributed by atoms with van der Waals surface area (Å²) in [4.78, 5) is 11.9. The summed E-state index contributed by atoms with van der Waals surface area (Å²) in [7, 11) is 2.11. The number of piperazine rings is 1. The Bertz CT molecular complexity index is 968. The standard InChI is InChI=1S/C20H23N5O.ClH/c1-12-3-6-16-14(9-12)15(10-17(22-16)13-4-5-13)20-23-19(24-26-20)18-11-21-7-8-25(18)2;/h3,6,9-10,13,18,21H,4-5,7-8,11H2,1-2H3;1H. The summed E-state index contributed by atoms with van der Waals surface area (Å²) in [5.41, 5.74) is 4.36. The van der Waals surface area contributed by atoms with Crippen LogP contribution >= 0.6 is 12.4 Å². The van der Waals surface area contributed by atoms with Crippen molar-refractivity contribution in [1.29, 1.82) is 0 Å². The first kappa shape index (κ1) is 18.3. The van der Waals surface area contributed by atoms with Crippen molar-refractivity contribution in [2.45, 2.75) is 31.7 Å². The summed E-state index contributed by atoms with van der Waals surface area (Å²) in [5.74, 6) is 1.93. The molecule has 2 fully saturated rings. The fourth-order valence-corrected chi connectivity index (χ4v) is 3.70. The number of hydrogen-bond donors (Lipinski definition) is 1. The van der Waals surface area contributed by atoms with Crippen LogP contribution in [0.5, 0.6) is 0 Å². The van der Waals surface area contributed by atoms with Gasteiger partial charge in [0.2, 0.25) is 0 Å². The molecule has 5 rings (SSSR count). The van der Waals surface area contributed by atoms with Crippen molar-refractivity contribution >= 4 is 23.3 Å². The van der Waals surface area contributed by atoms with Crippen molar-refractivity contribution in [1.82, 2.24) is 25.3 Å². The lowest BCUT2D eigenvalue weighted by atomic mass is 10.0. The third-order valence-corrected chi connectivity index (χ3v) is 5.46. The minimum Gasteiger partial charge on any atom is -0.334 e. The molecule has 0 radical (unpaired) electrons. The van der Waals surface area contributed by atoms with Crippen LogP contribution in [0.2, 0.25) is 0 Å². The summed E-state index contributed by atoms with van der Waals surface area (Å²) in [6, 6.07) is 8.67. The van der Waals surface area contributed by atoms with Gasteiger partial charge < -0.3 is 9.84 Å². The van der Waals surface area contributed by atoms with E-state index in [0.717, 1.165) is 47.6 Å². The van der Waals surface area contributed by atoms with Crippen molar-refractivity contribution in [3.8, 4) is 11.5 Å². The second-order valence-electron chi connectivity index (χ2n) is 7.55. The van der Waals surface area contributed by atoms with Gasteiger partial charge in [0.15, 0.2) is 5.82 Å². The number of benzene rings is 1. The minimum atomic E-state index is 0. The summed E-state index contributed by atoms with van der Waals surface area (Å²) in [6.45, 7) is 4.92. The number of pyridine rings is 1. The lowest BCUT2D eigenvalue weighted by molar-refractivity contribution is 0.190. The molecule has 142 valence electrons. The number of fused-ring (bicyclic) bond motifs is 1. The van der Waals surface area contributed by atoms with E-state index >= 15 is 0 Å². The van der Waals surface area contributed by atoms with Gasteiger partial charge in [-0.15, -0.1) is 12.4 Å². The first-order valence-electron chi connectivity index (χ1n) is 9.35. The molecule has 1 aliphatic carbocycles. The summed E-state index contributed by atoms with van der Waals surface area (Å²) in [6.07, 6.45) is 2.44. The van der Waals surface area contributed by atoms with Gasteiger partial charge in [-0.3, -0.25) is 9.88 Å². The summed E-state index contributed by atoms with van der Waals surface area (Å²) in [5, 5.41) is 8.79. The molecule has 1 aliphatic heterocycles.